The number of anilines is 3. The first kappa shape index (κ1) is 29.7. The number of nitrogens with zero attached hydrogens (tertiary/aromatic N) is 3. The second kappa shape index (κ2) is 16.3. The maximum atomic E-state index is 8.63. The van der Waals surface area contributed by atoms with Crippen LogP contribution in [0.15, 0.2) is 0 Å². The predicted octanol–water partition coefficient (Wildman–Crippen LogP) is 2.92. The van der Waals surface area contributed by atoms with Crippen molar-refractivity contribution >= 4 is 73.4 Å². The number of hydrogen-bond acceptors (Lipinski definition) is 9. The number of aromatic amines is 1. The van der Waals surface area contributed by atoms with Crippen LogP contribution in [0.4, 0.5) is 17.8 Å². The van der Waals surface area contributed by atoms with E-state index in [2.05, 4.69) is 91.5 Å². The maximum absolute atomic E-state index is 8.63. The Hall–Kier alpha value is -0.300. The van der Waals surface area contributed by atoms with Crippen LogP contribution in [0.1, 0.15) is 46.5 Å². The first-order valence-corrected chi connectivity index (χ1v) is 13.4. The van der Waals surface area contributed by atoms with E-state index in [1.807, 2.05) is 7.05 Å². The molecule has 1 aromatic heterocycles. The molecule has 0 unspecified atom stereocenters. The molecule has 4 N–H and O–H groups in total. The average molecular weight is 674 g/mol. The molecule has 0 atom stereocenters. The third-order valence-corrected chi connectivity index (χ3v) is 3.23. The minimum Gasteiger partial charge on any atom is -0.726 e. The summed E-state index contributed by atoms with van der Waals surface area (Å²) in [5.41, 5.74) is 0. The summed E-state index contributed by atoms with van der Waals surface area (Å²) in [5, 5.41) is 8.16. The molecule has 14 heteroatoms. The Morgan fingerprint density at radius 3 is 2.23 bits per heavy atom. The van der Waals surface area contributed by atoms with Gasteiger partial charge in [0.15, 0.2) is 0 Å². The van der Waals surface area contributed by atoms with Gasteiger partial charge < -0.3 is 15.2 Å². The van der Waals surface area contributed by atoms with Crippen molar-refractivity contribution in [1.82, 2.24) is 9.97 Å². The molecule has 1 heterocycles. The molecule has 0 aromatic carbocycles. The predicted molar refractivity (Wildman–Crippen MR) is 133 cm³/mol. The number of aromatic nitrogens is 3. The topological polar surface area (TPSA) is 154 Å². The van der Waals surface area contributed by atoms with Crippen LogP contribution >= 0.6 is 45.2 Å². The van der Waals surface area contributed by atoms with Gasteiger partial charge in [-0.1, -0.05) is 69.0 Å². The van der Waals surface area contributed by atoms with Crippen LogP contribution < -0.4 is 20.7 Å². The Labute approximate surface area is 206 Å². The van der Waals surface area contributed by atoms with E-state index in [0.717, 1.165) is 34.5 Å². The summed E-state index contributed by atoms with van der Waals surface area (Å²) in [7, 11) is -3.05. The zero-order valence-electron chi connectivity index (χ0n) is 17.7. The second-order valence-corrected chi connectivity index (χ2v) is 13.4. The van der Waals surface area contributed by atoms with E-state index in [-0.39, 0.29) is 0 Å². The lowest BCUT2D eigenvalue weighted by atomic mass is 10.5. The lowest BCUT2D eigenvalue weighted by Gasteiger charge is -2.13. The Balaban J connectivity index is 0.000000789. The summed E-state index contributed by atoms with van der Waals surface area (Å²) in [6.45, 7) is 8.85. The molecule has 176 valence electrons. The van der Waals surface area contributed by atoms with Crippen LogP contribution in [0.25, 0.3) is 0 Å². The van der Waals surface area contributed by atoms with Crippen LogP contribution in [0.3, 0.4) is 0 Å². The van der Waals surface area contributed by atoms with E-state index in [1.54, 1.807) is 5.06 Å². The van der Waals surface area contributed by atoms with Crippen molar-refractivity contribution < 1.29 is 27.3 Å². The normalized spacial score (nSPS) is 13.0. The minimum atomic E-state index is -4.92. The molecule has 0 saturated heterocycles. The molecule has 1 aliphatic rings. The Kier molecular flexibility index (Phi) is 16.2. The second-order valence-electron chi connectivity index (χ2n) is 6.38. The van der Waals surface area contributed by atoms with Crippen LogP contribution in [0.5, 0.6) is 0 Å². The van der Waals surface area contributed by atoms with Crippen LogP contribution in [-0.2, 0) is 15.2 Å². The van der Waals surface area contributed by atoms with E-state index >= 15 is 0 Å². The fourth-order valence-corrected chi connectivity index (χ4v) is 1.75. The number of halogens is 2. The zero-order valence-corrected chi connectivity index (χ0v) is 22.8. The summed E-state index contributed by atoms with van der Waals surface area (Å²) < 4.78 is 33.6. The van der Waals surface area contributed by atoms with Gasteiger partial charge in [-0.05, 0) is 38.5 Å². The highest BCUT2D eigenvalue weighted by Crippen LogP contribution is 2.29. The van der Waals surface area contributed by atoms with Crippen molar-refractivity contribution in [3.8, 4) is 0 Å². The molecule has 0 radical (unpaired) electrons. The monoisotopic (exact) mass is 674 g/mol. The van der Waals surface area contributed by atoms with Crippen molar-refractivity contribution in [1.29, 1.82) is 0 Å². The zero-order chi connectivity index (χ0) is 23.2. The van der Waals surface area contributed by atoms with Crippen LogP contribution in [0.2, 0.25) is 0 Å². The number of hydrogen-bond donors (Lipinski definition) is 3. The molecule has 0 amide bonds. The Bertz CT molecular complexity index is 658. The maximum Gasteiger partial charge on any atom is 0.351 e. The van der Waals surface area contributed by atoms with Crippen molar-refractivity contribution in [3.05, 3.63) is 0 Å². The van der Waals surface area contributed by atoms with Gasteiger partial charge in [0.25, 0.3) is 0 Å². The molecule has 0 spiro atoms. The molecule has 1 saturated carbocycles. The molecule has 1 fully saturated rings. The average Bonchev–Trinajstić information content (AvgIpc) is 3.45. The summed E-state index contributed by atoms with van der Waals surface area (Å²) in [6, 6.07) is 0. The van der Waals surface area contributed by atoms with Crippen LogP contribution in [0, 0.1) is 5.92 Å². The van der Waals surface area contributed by atoms with Crippen molar-refractivity contribution in [3.63, 3.8) is 0 Å². The first-order chi connectivity index (χ1) is 14.0. The van der Waals surface area contributed by atoms with Gasteiger partial charge in [0.2, 0.25) is 10.4 Å². The molecule has 2 rings (SSSR count). The standard InChI is InChI=1S/C14H26N6O.C2H4I2.H2O4S/c1-4-8-15-12-17-13(16-9-5-2)19-14(18-12)20(3)21-10-11-6-7-11;1-2(3)4;1-5(2,3)4/h11H,4-10H2,1-3H3,(H2,15,16,17,18,19);2H,1H3;(H2,1,2,3,4). The lowest BCUT2D eigenvalue weighted by molar-refractivity contribution is -0.360. The molecule has 30 heavy (non-hydrogen) atoms. The third kappa shape index (κ3) is 19.7. The Morgan fingerprint density at radius 2 is 1.77 bits per heavy atom. The molecule has 11 nitrogen and oxygen atoms in total. The van der Waals surface area contributed by atoms with E-state index in [0.29, 0.717) is 23.8 Å². The SMILES string of the molecule is CC(I)I.CCCNc1nc(NCCC)[nH+]c(N(C)OCC2CC2)n1.O=S(=O)([O-])O. The largest absolute Gasteiger partial charge is 0.726 e. The van der Waals surface area contributed by atoms with E-state index in [9.17, 15) is 0 Å². The van der Waals surface area contributed by atoms with Gasteiger partial charge in [-0.2, -0.15) is 5.06 Å². The first-order valence-electron chi connectivity index (χ1n) is 9.58. The van der Waals surface area contributed by atoms with Gasteiger partial charge in [-0.25, -0.2) is 18.2 Å². The minimum absolute atomic E-state index is 0.617. The van der Waals surface area contributed by atoms with Gasteiger partial charge >= 0.3 is 17.8 Å². The van der Waals surface area contributed by atoms with E-state index < -0.39 is 10.4 Å². The van der Waals surface area contributed by atoms with Crippen LogP contribution in [-0.4, -0.2) is 56.2 Å². The Morgan fingerprint density at radius 1 is 1.27 bits per heavy atom. The van der Waals surface area contributed by atoms with E-state index in [4.69, 9.17) is 22.4 Å². The molecule has 1 aromatic rings. The lowest BCUT2D eigenvalue weighted by Crippen LogP contribution is -2.31. The summed E-state index contributed by atoms with van der Waals surface area (Å²) >= 11 is 4.66. The fourth-order valence-electron chi connectivity index (χ4n) is 1.75. The molecule has 1 aliphatic carbocycles. The van der Waals surface area contributed by atoms with Crippen molar-refractivity contribution in [2.24, 2.45) is 5.92 Å². The van der Waals surface area contributed by atoms with E-state index in [1.165, 1.54) is 12.8 Å². The van der Waals surface area contributed by atoms with Crippen molar-refractivity contribution in [2.75, 3.05) is 42.4 Å². The number of H-pyrrole nitrogens is 1. The number of hydroxylamine groups is 1. The molecule has 0 aliphatic heterocycles. The van der Waals surface area contributed by atoms with Gasteiger partial charge in [0.1, 0.15) is 0 Å². The number of nitrogens with one attached hydrogen (secondary N) is 3. The molecule has 0 bridgehead atoms. The van der Waals surface area contributed by atoms with Gasteiger partial charge in [0, 0.05) is 13.1 Å². The van der Waals surface area contributed by atoms with Crippen molar-refractivity contribution in [2.45, 2.75) is 48.4 Å². The number of rotatable bonds is 10. The quantitative estimate of drug-likeness (QED) is 0.111. The summed E-state index contributed by atoms with van der Waals surface area (Å²) in [5.74, 6) is 2.70. The summed E-state index contributed by atoms with van der Waals surface area (Å²) in [4.78, 5) is 17.8. The molecular formula is C16H32I2N6O5S. The highest BCUT2D eigenvalue weighted by atomic mass is 127. The third-order valence-electron chi connectivity index (χ3n) is 3.23. The summed E-state index contributed by atoms with van der Waals surface area (Å²) in [6.07, 6.45) is 4.61. The fraction of sp³-hybridized carbons (Fsp3) is 0.812. The smallest absolute Gasteiger partial charge is 0.351 e. The highest BCUT2D eigenvalue weighted by molar-refractivity contribution is 14.2. The molecular weight excluding hydrogens is 642 g/mol. The van der Waals surface area contributed by atoms with Gasteiger partial charge in [-0.3, -0.25) is 4.55 Å². The highest BCUT2D eigenvalue weighted by Gasteiger charge is 2.24. The van der Waals surface area contributed by atoms with Gasteiger partial charge in [0.05, 0.1) is 15.6 Å². The van der Waals surface area contributed by atoms with Gasteiger partial charge in [-0.15, -0.1) is 0 Å². The number of alkyl halides is 2.